The number of carbonyl (C=O) groups excluding carboxylic acids is 1. The fourth-order valence-corrected chi connectivity index (χ4v) is 14.9. The van der Waals surface area contributed by atoms with E-state index in [1.807, 2.05) is 6.08 Å². The third-order valence-electron chi connectivity index (χ3n) is 22.3. The molecule has 3 aliphatic rings. The van der Waals surface area contributed by atoms with Crippen molar-refractivity contribution in [1.29, 1.82) is 0 Å². The second-order valence-electron chi connectivity index (χ2n) is 32.7. The highest BCUT2D eigenvalue weighted by molar-refractivity contribution is 5.76. The average Bonchev–Trinajstić information content (AvgIpc) is 0.778. The minimum Gasteiger partial charge on any atom is -0.394 e. The minimum absolute atomic E-state index is 0.204. The van der Waals surface area contributed by atoms with Crippen molar-refractivity contribution in [2.45, 2.75) is 439 Å². The van der Waals surface area contributed by atoms with Crippen molar-refractivity contribution in [3.05, 3.63) is 158 Å². The van der Waals surface area contributed by atoms with Gasteiger partial charge >= 0.3 is 0 Å². The van der Waals surface area contributed by atoms with Gasteiger partial charge in [0.2, 0.25) is 5.91 Å². The Morgan fingerprint density at radius 3 is 0.908 bits per heavy atom. The number of hydrogen-bond acceptors (Lipinski definition) is 18. The third kappa shape index (κ3) is 54.7. The summed E-state index contributed by atoms with van der Waals surface area (Å²) >= 11 is 0. The summed E-state index contributed by atoms with van der Waals surface area (Å²) in [5, 5.41) is 121. The first-order valence-electron chi connectivity index (χ1n) is 47.2. The number of unbranched alkanes of at least 4 members (excludes halogenated alkanes) is 35. The molecule has 12 N–H and O–H groups in total. The van der Waals surface area contributed by atoms with Crippen molar-refractivity contribution < 1.29 is 89.4 Å². The van der Waals surface area contributed by atoms with Gasteiger partial charge in [-0.3, -0.25) is 4.79 Å². The normalized spacial score (nSPS) is 24.9. The van der Waals surface area contributed by atoms with Gasteiger partial charge in [0.25, 0.3) is 0 Å². The van der Waals surface area contributed by atoms with Crippen LogP contribution >= 0.6 is 0 Å². The maximum Gasteiger partial charge on any atom is 0.220 e. The number of nitrogens with one attached hydrogen (secondary N) is 1. The molecule has 0 radical (unpaired) electrons. The highest BCUT2D eigenvalue weighted by Crippen LogP contribution is 2.34. The van der Waals surface area contributed by atoms with Gasteiger partial charge in [0.1, 0.15) is 73.2 Å². The summed E-state index contributed by atoms with van der Waals surface area (Å²) in [5.41, 5.74) is 0. The Bertz CT molecular complexity index is 2770. The van der Waals surface area contributed by atoms with E-state index in [-0.39, 0.29) is 18.9 Å². The zero-order valence-electron chi connectivity index (χ0n) is 73.8. The molecule has 0 bridgehead atoms. The molecule has 3 rings (SSSR count). The zero-order chi connectivity index (χ0) is 85.9. The first-order chi connectivity index (χ1) is 58.3. The summed E-state index contributed by atoms with van der Waals surface area (Å²) in [7, 11) is 0. The Hall–Kier alpha value is -4.59. The molecule has 3 heterocycles. The van der Waals surface area contributed by atoms with Crippen LogP contribution in [0.3, 0.4) is 0 Å². The maximum atomic E-state index is 13.5. The van der Waals surface area contributed by atoms with Crippen LogP contribution in [0.1, 0.15) is 335 Å². The predicted molar refractivity (Wildman–Crippen MR) is 484 cm³/mol. The first-order valence-corrected chi connectivity index (χ1v) is 47.2. The molecule has 0 aliphatic carbocycles. The molecule has 3 aliphatic heterocycles. The monoisotopic (exact) mass is 1670 g/mol. The average molecular weight is 1670 g/mol. The van der Waals surface area contributed by atoms with E-state index in [1.165, 1.54) is 180 Å². The quantitative estimate of drug-likeness (QED) is 0.0199. The lowest BCUT2D eigenvalue weighted by Gasteiger charge is -2.48. The smallest absolute Gasteiger partial charge is 0.220 e. The fourth-order valence-electron chi connectivity index (χ4n) is 14.9. The van der Waals surface area contributed by atoms with Crippen molar-refractivity contribution in [2.24, 2.45) is 0 Å². The molecule has 3 fully saturated rings. The van der Waals surface area contributed by atoms with Crippen LogP contribution in [0.2, 0.25) is 0 Å². The summed E-state index contributed by atoms with van der Waals surface area (Å²) in [4.78, 5) is 13.5. The lowest BCUT2D eigenvalue weighted by atomic mass is 9.96. The van der Waals surface area contributed by atoms with Gasteiger partial charge in [0, 0.05) is 6.42 Å². The zero-order valence-corrected chi connectivity index (χ0v) is 73.8. The predicted octanol–water partition coefficient (Wildman–Crippen LogP) is 19.1. The Morgan fingerprint density at radius 1 is 0.311 bits per heavy atom. The van der Waals surface area contributed by atoms with Gasteiger partial charge in [-0.05, 0) is 109 Å². The number of allylic oxidation sites excluding steroid dienone is 25. The molecule has 0 spiro atoms. The second-order valence-corrected chi connectivity index (χ2v) is 32.7. The van der Waals surface area contributed by atoms with Gasteiger partial charge in [0.15, 0.2) is 18.9 Å². The van der Waals surface area contributed by atoms with Gasteiger partial charge in [-0.1, -0.05) is 377 Å². The molecule has 682 valence electrons. The number of hydrogen-bond donors (Lipinski definition) is 12. The molecule has 0 aromatic carbocycles. The number of rotatable bonds is 75. The van der Waals surface area contributed by atoms with Crippen LogP contribution in [0.5, 0.6) is 0 Å². The summed E-state index contributed by atoms with van der Waals surface area (Å²) in [5.74, 6) is -0.302. The van der Waals surface area contributed by atoms with Gasteiger partial charge < -0.3 is 89.9 Å². The molecule has 119 heavy (non-hydrogen) atoms. The van der Waals surface area contributed by atoms with Crippen LogP contribution in [-0.4, -0.2) is 193 Å². The minimum atomic E-state index is -1.99. The summed E-state index contributed by atoms with van der Waals surface area (Å²) in [6.07, 6.45) is 88.2. The van der Waals surface area contributed by atoms with Gasteiger partial charge in [0.05, 0.1) is 38.6 Å². The molecule has 3 saturated heterocycles. The number of aliphatic hydroxyl groups is 11. The molecule has 17 unspecified atom stereocenters. The molecule has 0 saturated carbocycles. The van der Waals surface area contributed by atoms with E-state index in [0.29, 0.717) is 6.42 Å². The summed E-state index contributed by atoms with van der Waals surface area (Å²) < 4.78 is 34.5. The van der Waals surface area contributed by atoms with Crippen molar-refractivity contribution in [1.82, 2.24) is 5.32 Å². The largest absolute Gasteiger partial charge is 0.394 e. The second kappa shape index (κ2) is 77.0. The van der Waals surface area contributed by atoms with E-state index in [0.717, 1.165) is 128 Å². The van der Waals surface area contributed by atoms with Gasteiger partial charge in [-0.15, -0.1) is 0 Å². The Kier molecular flexibility index (Phi) is 70.3. The molecule has 1 amide bonds. The lowest BCUT2D eigenvalue weighted by Crippen LogP contribution is -2.66. The number of carbonyl (C=O) groups is 1. The number of aliphatic hydroxyl groups excluding tert-OH is 11. The molecule has 17 atom stereocenters. The van der Waals surface area contributed by atoms with Crippen LogP contribution in [0.15, 0.2) is 158 Å². The summed E-state index contributed by atoms with van der Waals surface area (Å²) in [6.45, 7) is 1.63. The standard InChI is InChI=1S/C100H169NO18/c1-3-5-7-9-11-13-15-17-19-21-23-25-27-29-31-33-35-37-38-39-40-41-42-43-44-46-48-50-52-54-56-58-60-62-64-66-68-70-72-74-76-78-88(106)101-83(84(105)77-75-73-71-69-67-65-63-61-59-57-55-53-51-49-47-45-36-34-32-30-28-26-24-22-20-18-16-14-12-10-8-6-4-2)82-114-98-94(112)91(109)96(86(80-103)116-98)119-100-95(113)92(110)97(87(81-104)117-100)118-99-93(111)90(108)89(107)85(79-102)115-99/h5,7,11,13,17,19,23,25,29,31,35,37,39-40,42-43,46,48,52,54,58,60,64,66,75,77,83-87,89-100,102-105,107-113H,3-4,6,8-10,12,14-16,18,20-22,24,26-28,30,32-34,36,38,41,44-45,47,49-51,53,55-57,59,61-63,65,67-74,76,78-82H2,1-2H3,(H,101,106)/b7-5-,13-11-,19-17-,25-23-,31-29-,37-35-,40-39-,43-42-,48-46-,54-52-,60-58-,66-64-,77-75+. The number of ether oxygens (including phenoxy) is 6. The van der Waals surface area contributed by atoms with E-state index in [9.17, 15) is 61.0 Å². The lowest BCUT2D eigenvalue weighted by molar-refractivity contribution is -0.379. The summed E-state index contributed by atoms with van der Waals surface area (Å²) in [6, 6.07) is -1.00. The van der Waals surface area contributed by atoms with E-state index >= 15 is 0 Å². The van der Waals surface area contributed by atoms with Crippen molar-refractivity contribution >= 4 is 5.91 Å². The van der Waals surface area contributed by atoms with E-state index in [1.54, 1.807) is 6.08 Å². The van der Waals surface area contributed by atoms with E-state index < -0.39 is 124 Å². The molecular weight excluding hydrogens is 1500 g/mol. The van der Waals surface area contributed by atoms with E-state index in [4.69, 9.17) is 28.4 Å². The van der Waals surface area contributed by atoms with Crippen LogP contribution in [0, 0.1) is 0 Å². The highest BCUT2D eigenvalue weighted by Gasteiger charge is 2.54. The van der Waals surface area contributed by atoms with E-state index in [2.05, 4.69) is 165 Å². The molecule has 19 nitrogen and oxygen atoms in total. The molecular formula is C100H169NO18. The van der Waals surface area contributed by atoms with Crippen molar-refractivity contribution in [3.8, 4) is 0 Å². The van der Waals surface area contributed by atoms with Crippen molar-refractivity contribution in [3.63, 3.8) is 0 Å². The van der Waals surface area contributed by atoms with Gasteiger partial charge in [-0.2, -0.15) is 0 Å². The Labute approximate surface area is 720 Å². The third-order valence-corrected chi connectivity index (χ3v) is 22.3. The number of amides is 1. The molecule has 19 heteroatoms. The van der Waals surface area contributed by atoms with Crippen LogP contribution in [0.4, 0.5) is 0 Å². The SMILES string of the molecule is CC/C=C\C/C=C\C/C=C\C/C=C\C/C=C\C/C=C\C/C=C\C/C=C\C/C=C\C/C=C\C/C=C\C/C=C\CCCCCCC(=O)NC(COC1OC(CO)C(OC2OC(CO)C(OC3OC(CO)C(O)C(O)C3O)C(O)C2O)C(O)C1O)C(O)/C=C/CCCCCCCCCCCCCCCCCCCCCCCCCCCCCCCCC. The van der Waals surface area contributed by atoms with Gasteiger partial charge in [-0.25, -0.2) is 0 Å². The first kappa shape index (κ1) is 109. The Balaban J connectivity index is 1.34. The molecule has 0 aromatic heterocycles. The Morgan fingerprint density at radius 2 is 0.580 bits per heavy atom. The molecule has 0 aromatic rings. The van der Waals surface area contributed by atoms with Crippen LogP contribution in [-0.2, 0) is 33.2 Å². The van der Waals surface area contributed by atoms with Crippen LogP contribution in [0.25, 0.3) is 0 Å². The topological polar surface area (TPSA) is 307 Å². The highest BCUT2D eigenvalue weighted by atomic mass is 16.8. The maximum absolute atomic E-state index is 13.5. The van der Waals surface area contributed by atoms with Crippen LogP contribution < -0.4 is 5.32 Å². The van der Waals surface area contributed by atoms with Crippen molar-refractivity contribution in [2.75, 3.05) is 26.4 Å². The fraction of sp³-hybridized carbons (Fsp3) is 0.730.